The van der Waals surface area contributed by atoms with E-state index in [-0.39, 0.29) is 0 Å². The molecule has 1 saturated heterocycles. The van der Waals surface area contributed by atoms with Gasteiger partial charge in [0.25, 0.3) is 0 Å². The highest BCUT2D eigenvalue weighted by atomic mass is 32.2. The standard InChI is InChI=1S/C22H24N2O2S/c25-27(26,22-12-11-18-7-1-2-8-19(18)15-22)23-16-20-9-3-4-10-21(20)17-24-13-5-6-14-24/h1-4,7-12,15,23H,5-6,13-14,16-17H2. The van der Waals surface area contributed by atoms with E-state index in [4.69, 9.17) is 0 Å². The highest BCUT2D eigenvalue weighted by molar-refractivity contribution is 7.89. The number of nitrogens with zero attached hydrogens (tertiary/aromatic N) is 1. The van der Waals surface area contributed by atoms with Crippen molar-refractivity contribution in [3.05, 3.63) is 77.9 Å². The number of hydrogen-bond acceptors (Lipinski definition) is 3. The van der Waals surface area contributed by atoms with Crippen LogP contribution in [0.5, 0.6) is 0 Å². The van der Waals surface area contributed by atoms with Crippen LogP contribution in [-0.4, -0.2) is 26.4 Å². The number of benzene rings is 3. The fourth-order valence-corrected chi connectivity index (χ4v) is 4.70. The first-order valence-electron chi connectivity index (χ1n) is 9.39. The Balaban J connectivity index is 1.51. The van der Waals surface area contributed by atoms with E-state index in [1.54, 1.807) is 12.1 Å². The van der Waals surface area contributed by atoms with E-state index >= 15 is 0 Å². The van der Waals surface area contributed by atoms with Gasteiger partial charge in [0.05, 0.1) is 4.90 Å². The molecule has 1 aliphatic heterocycles. The minimum atomic E-state index is -3.56. The van der Waals surface area contributed by atoms with Crippen LogP contribution in [0.15, 0.2) is 71.6 Å². The van der Waals surface area contributed by atoms with Gasteiger partial charge in [0, 0.05) is 13.1 Å². The van der Waals surface area contributed by atoms with E-state index in [2.05, 4.69) is 15.7 Å². The van der Waals surface area contributed by atoms with Gasteiger partial charge in [-0.25, -0.2) is 13.1 Å². The summed E-state index contributed by atoms with van der Waals surface area (Å²) in [5.41, 5.74) is 2.23. The predicted octanol–water partition coefficient (Wildman–Crippen LogP) is 3.91. The minimum absolute atomic E-state index is 0.304. The van der Waals surface area contributed by atoms with Crippen LogP contribution in [0.25, 0.3) is 10.8 Å². The van der Waals surface area contributed by atoms with Crippen molar-refractivity contribution in [2.75, 3.05) is 13.1 Å². The maximum absolute atomic E-state index is 12.8. The van der Waals surface area contributed by atoms with Crippen molar-refractivity contribution in [3.8, 4) is 0 Å². The summed E-state index contributed by atoms with van der Waals surface area (Å²) in [6.45, 7) is 3.43. The molecule has 1 heterocycles. The van der Waals surface area contributed by atoms with Crippen molar-refractivity contribution in [2.24, 2.45) is 0 Å². The molecule has 1 N–H and O–H groups in total. The first kappa shape index (κ1) is 18.2. The van der Waals surface area contributed by atoms with Crippen molar-refractivity contribution in [1.29, 1.82) is 0 Å². The number of hydrogen-bond donors (Lipinski definition) is 1. The lowest BCUT2D eigenvalue weighted by molar-refractivity contribution is 0.330. The third kappa shape index (κ3) is 4.21. The Labute approximate surface area is 160 Å². The Morgan fingerprint density at radius 1 is 0.815 bits per heavy atom. The number of sulfonamides is 1. The summed E-state index contributed by atoms with van der Waals surface area (Å²) < 4.78 is 28.3. The lowest BCUT2D eigenvalue weighted by Gasteiger charge is -2.18. The van der Waals surface area contributed by atoms with Gasteiger partial charge in [0.1, 0.15) is 0 Å². The summed E-state index contributed by atoms with van der Waals surface area (Å²) in [5.74, 6) is 0. The lowest BCUT2D eigenvalue weighted by Crippen LogP contribution is -2.25. The molecule has 0 amide bonds. The van der Waals surface area contributed by atoms with Crippen LogP contribution in [0.1, 0.15) is 24.0 Å². The van der Waals surface area contributed by atoms with Gasteiger partial charge < -0.3 is 0 Å². The van der Waals surface area contributed by atoms with Crippen LogP contribution >= 0.6 is 0 Å². The van der Waals surface area contributed by atoms with E-state index in [1.807, 2.05) is 48.5 Å². The van der Waals surface area contributed by atoms with Gasteiger partial charge in [-0.2, -0.15) is 0 Å². The van der Waals surface area contributed by atoms with Gasteiger partial charge in [0.2, 0.25) is 10.0 Å². The Hall–Kier alpha value is -2.21. The van der Waals surface area contributed by atoms with Crippen molar-refractivity contribution in [2.45, 2.75) is 30.8 Å². The van der Waals surface area contributed by atoms with E-state index in [0.717, 1.165) is 36.0 Å². The third-order valence-electron chi connectivity index (χ3n) is 5.19. The molecule has 0 bridgehead atoms. The monoisotopic (exact) mass is 380 g/mol. The Kier molecular flexibility index (Phi) is 5.25. The van der Waals surface area contributed by atoms with Gasteiger partial charge >= 0.3 is 0 Å². The molecular weight excluding hydrogens is 356 g/mol. The number of likely N-dealkylation sites (tertiary alicyclic amines) is 1. The van der Waals surface area contributed by atoms with Crippen LogP contribution in [0.4, 0.5) is 0 Å². The molecule has 0 aliphatic carbocycles. The molecule has 0 radical (unpaired) electrons. The largest absolute Gasteiger partial charge is 0.299 e. The SMILES string of the molecule is O=S(=O)(NCc1ccccc1CN1CCCC1)c1ccc2ccccc2c1. The van der Waals surface area contributed by atoms with Gasteiger partial charge in [0.15, 0.2) is 0 Å². The van der Waals surface area contributed by atoms with Crippen LogP contribution in [0, 0.1) is 0 Å². The lowest BCUT2D eigenvalue weighted by atomic mass is 10.1. The molecule has 5 heteroatoms. The molecule has 1 fully saturated rings. The first-order chi connectivity index (χ1) is 13.1. The highest BCUT2D eigenvalue weighted by Gasteiger charge is 2.17. The molecule has 0 saturated carbocycles. The second kappa shape index (κ2) is 7.80. The molecule has 3 aromatic rings. The van der Waals surface area contributed by atoms with Crippen LogP contribution in [0.2, 0.25) is 0 Å². The fraction of sp³-hybridized carbons (Fsp3) is 0.273. The summed E-state index contributed by atoms with van der Waals surface area (Å²) in [5, 5.41) is 1.96. The van der Waals surface area contributed by atoms with Crippen molar-refractivity contribution in [3.63, 3.8) is 0 Å². The minimum Gasteiger partial charge on any atom is -0.299 e. The highest BCUT2D eigenvalue weighted by Crippen LogP contribution is 2.20. The molecule has 3 aromatic carbocycles. The van der Waals surface area contributed by atoms with E-state index < -0.39 is 10.0 Å². The maximum atomic E-state index is 12.8. The topological polar surface area (TPSA) is 49.4 Å². The van der Waals surface area contributed by atoms with E-state index in [9.17, 15) is 8.42 Å². The Bertz CT molecular complexity index is 1040. The van der Waals surface area contributed by atoms with Gasteiger partial charge in [-0.1, -0.05) is 54.6 Å². The Morgan fingerprint density at radius 2 is 1.48 bits per heavy atom. The summed E-state index contributed by atoms with van der Waals surface area (Å²) in [7, 11) is -3.56. The second-order valence-corrected chi connectivity index (χ2v) is 8.85. The molecule has 0 atom stereocenters. The van der Waals surface area contributed by atoms with Gasteiger partial charge in [-0.15, -0.1) is 0 Å². The molecule has 0 unspecified atom stereocenters. The second-order valence-electron chi connectivity index (χ2n) is 7.09. The average molecular weight is 381 g/mol. The molecule has 1 aliphatic rings. The fourth-order valence-electron chi connectivity index (χ4n) is 3.66. The summed E-state index contributed by atoms with van der Waals surface area (Å²) in [6.07, 6.45) is 2.49. The Morgan fingerprint density at radius 3 is 2.26 bits per heavy atom. The van der Waals surface area contributed by atoms with Gasteiger partial charge in [-0.3, -0.25) is 4.90 Å². The maximum Gasteiger partial charge on any atom is 0.240 e. The van der Waals surface area contributed by atoms with Crippen molar-refractivity contribution < 1.29 is 8.42 Å². The molecular formula is C22H24N2O2S. The smallest absolute Gasteiger partial charge is 0.240 e. The number of rotatable bonds is 6. The molecule has 4 nitrogen and oxygen atoms in total. The zero-order valence-corrected chi connectivity index (χ0v) is 16.1. The molecule has 27 heavy (non-hydrogen) atoms. The number of fused-ring (bicyclic) bond motifs is 1. The quantitative estimate of drug-likeness (QED) is 0.705. The molecule has 0 spiro atoms. The molecule has 4 rings (SSSR count). The van der Waals surface area contributed by atoms with Crippen LogP contribution in [0.3, 0.4) is 0 Å². The van der Waals surface area contributed by atoms with Crippen LogP contribution in [-0.2, 0) is 23.1 Å². The summed E-state index contributed by atoms with van der Waals surface area (Å²) in [4.78, 5) is 2.73. The van der Waals surface area contributed by atoms with Crippen LogP contribution < -0.4 is 4.72 Å². The zero-order chi connectivity index (χ0) is 18.7. The van der Waals surface area contributed by atoms with Crippen molar-refractivity contribution in [1.82, 2.24) is 9.62 Å². The molecule has 0 aromatic heterocycles. The van der Waals surface area contributed by atoms with Gasteiger partial charge in [-0.05, 0) is 60.0 Å². The third-order valence-corrected chi connectivity index (χ3v) is 6.59. The van der Waals surface area contributed by atoms with E-state index in [0.29, 0.717) is 11.4 Å². The predicted molar refractivity (Wildman–Crippen MR) is 109 cm³/mol. The summed E-state index contributed by atoms with van der Waals surface area (Å²) >= 11 is 0. The molecule has 140 valence electrons. The normalized spacial score (nSPS) is 15.4. The average Bonchev–Trinajstić information content (AvgIpc) is 3.20. The number of nitrogens with one attached hydrogen (secondary N) is 1. The summed E-state index contributed by atoms with van der Waals surface area (Å²) in [6, 6.07) is 21.1. The first-order valence-corrected chi connectivity index (χ1v) is 10.9. The zero-order valence-electron chi connectivity index (χ0n) is 15.3. The van der Waals surface area contributed by atoms with Crippen molar-refractivity contribution >= 4 is 20.8 Å². The van der Waals surface area contributed by atoms with E-state index in [1.165, 1.54) is 18.4 Å².